The van der Waals surface area contributed by atoms with Crippen LogP contribution in [-0.4, -0.2) is 25.4 Å². The lowest BCUT2D eigenvalue weighted by Gasteiger charge is -2.27. The molecular weight excluding hydrogens is 168 g/mol. The number of nitrogens with one attached hydrogen (secondary N) is 2. The van der Waals surface area contributed by atoms with Crippen LogP contribution in [0.4, 0.5) is 4.79 Å². The first kappa shape index (κ1) is 10.3. The van der Waals surface area contributed by atoms with Crippen molar-refractivity contribution in [3.05, 3.63) is 0 Å². The Balaban J connectivity index is 2.18. The van der Waals surface area contributed by atoms with E-state index in [0.29, 0.717) is 12.5 Å². The van der Waals surface area contributed by atoms with E-state index in [1.165, 1.54) is 0 Å². The molecule has 0 aromatic heterocycles. The van der Waals surface area contributed by atoms with E-state index in [-0.39, 0.29) is 12.3 Å². The molecule has 0 radical (unpaired) electrons. The maximum atomic E-state index is 11.0. The minimum atomic E-state index is -0.324. The first-order chi connectivity index (χ1) is 6.22. The summed E-state index contributed by atoms with van der Waals surface area (Å²) in [5.41, 5.74) is 0. The Kier molecular flexibility index (Phi) is 4.02. The zero-order chi connectivity index (χ0) is 9.68. The van der Waals surface area contributed by atoms with Gasteiger partial charge >= 0.3 is 6.09 Å². The van der Waals surface area contributed by atoms with Crippen molar-refractivity contribution in [2.24, 2.45) is 5.92 Å². The molecule has 2 atom stereocenters. The van der Waals surface area contributed by atoms with Crippen LogP contribution in [0.15, 0.2) is 0 Å². The minimum absolute atomic E-state index is 0.0928. The Morgan fingerprint density at radius 2 is 2.38 bits per heavy atom. The van der Waals surface area contributed by atoms with Gasteiger partial charge in [-0.1, -0.05) is 6.92 Å². The standard InChI is InChI=1S/C9H18N2O2/c1-3-13-9(12)11-8-5-4-7(2)6-10-8/h7-8,10H,3-6H2,1-2H3,(H,11,12)/t7-,8-/m0/s1. The third-order valence-corrected chi connectivity index (χ3v) is 2.23. The molecule has 1 aliphatic heterocycles. The molecule has 4 heteroatoms. The fourth-order valence-electron chi connectivity index (χ4n) is 1.44. The topological polar surface area (TPSA) is 50.4 Å². The van der Waals surface area contributed by atoms with Crippen LogP contribution in [0.5, 0.6) is 0 Å². The van der Waals surface area contributed by atoms with Gasteiger partial charge in [-0.2, -0.15) is 0 Å². The van der Waals surface area contributed by atoms with Gasteiger partial charge in [-0.15, -0.1) is 0 Å². The van der Waals surface area contributed by atoms with E-state index < -0.39 is 0 Å². The second-order valence-corrected chi connectivity index (χ2v) is 3.51. The molecular formula is C9H18N2O2. The zero-order valence-electron chi connectivity index (χ0n) is 8.30. The SMILES string of the molecule is CCOC(=O)N[C@H]1CC[C@H](C)CN1. The zero-order valence-corrected chi connectivity index (χ0v) is 8.30. The average Bonchev–Trinajstić information content (AvgIpc) is 2.09. The third kappa shape index (κ3) is 3.63. The van der Waals surface area contributed by atoms with Crippen LogP contribution < -0.4 is 10.6 Å². The van der Waals surface area contributed by atoms with Gasteiger partial charge in [0.25, 0.3) is 0 Å². The number of hydrogen-bond acceptors (Lipinski definition) is 3. The predicted molar refractivity (Wildman–Crippen MR) is 50.3 cm³/mol. The largest absolute Gasteiger partial charge is 0.450 e. The van der Waals surface area contributed by atoms with Crippen molar-refractivity contribution in [2.45, 2.75) is 32.9 Å². The van der Waals surface area contributed by atoms with Crippen LogP contribution in [0.2, 0.25) is 0 Å². The number of amides is 1. The predicted octanol–water partition coefficient (Wildman–Crippen LogP) is 1.08. The Bertz CT molecular complexity index is 165. The highest BCUT2D eigenvalue weighted by Crippen LogP contribution is 2.11. The van der Waals surface area contributed by atoms with Gasteiger partial charge in [0.1, 0.15) is 0 Å². The van der Waals surface area contributed by atoms with Gasteiger partial charge in [-0.3, -0.25) is 5.32 Å². The number of alkyl carbamates (subject to hydrolysis) is 1. The molecule has 0 aromatic carbocycles. The highest BCUT2D eigenvalue weighted by molar-refractivity contribution is 5.67. The Labute approximate surface area is 79.0 Å². The summed E-state index contributed by atoms with van der Waals surface area (Å²) in [6.07, 6.45) is 1.91. The molecule has 13 heavy (non-hydrogen) atoms. The molecule has 0 saturated carbocycles. The van der Waals surface area contributed by atoms with Crippen molar-refractivity contribution < 1.29 is 9.53 Å². The van der Waals surface area contributed by atoms with Crippen LogP contribution in [0.3, 0.4) is 0 Å². The summed E-state index contributed by atoms with van der Waals surface area (Å²) in [6.45, 7) is 5.40. The molecule has 1 heterocycles. The van der Waals surface area contributed by atoms with Gasteiger partial charge in [-0.25, -0.2) is 4.79 Å². The molecule has 0 bridgehead atoms. The lowest BCUT2D eigenvalue weighted by atomic mass is 10.0. The van der Waals surface area contributed by atoms with E-state index in [0.717, 1.165) is 19.4 Å². The normalized spacial score (nSPS) is 28.2. The summed E-state index contributed by atoms with van der Waals surface area (Å²) in [6, 6.07) is 0. The number of ether oxygens (including phenoxy) is 1. The Morgan fingerprint density at radius 3 is 2.92 bits per heavy atom. The lowest BCUT2D eigenvalue weighted by Crippen LogP contribution is -2.49. The smallest absolute Gasteiger partial charge is 0.408 e. The van der Waals surface area contributed by atoms with Gasteiger partial charge in [0.15, 0.2) is 0 Å². The van der Waals surface area contributed by atoms with Crippen LogP contribution in [0.25, 0.3) is 0 Å². The summed E-state index contributed by atoms with van der Waals surface area (Å²) in [5, 5.41) is 6.01. The van der Waals surface area contributed by atoms with Crippen molar-refractivity contribution in [1.82, 2.24) is 10.6 Å². The van der Waals surface area contributed by atoms with Gasteiger partial charge in [-0.05, 0) is 32.2 Å². The Hall–Kier alpha value is -0.770. The number of rotatable bonds is 2. The maximum absolute atomic E-state index is 11.0. The Morgan fingerprint density at radius 1 is 1.62 bits per heavy atom. The van der Waals surface area contributed by atoms with E-state index in [4.69, 9.17) is 4.74 Å². The second-order valence-electron chi connectivity index (χ2n) is 3.51. The molecule has 0 unspecified atom stereocenters. The molecule has 1 saturated heterocycles. The van der Waals surface area contributed by atoms with E-state index in [1.54, 1.807) is 6.92 Å². The average molecular weight is 186 g/mol. The van der Waals surface area contributed by atoms with Gasteiger partial charge in [0.2, 0.25) is 0 Å². The molecule has 76 valence electrons. The van der Waals surface area contributed by atoms with Gasteiger partial charge in [0.05, 0.1) is 12.8 Å². The van der Waals surface area contributed by atoms with Crippen LogP contribution in [-0.2, 0) is 4.74 Å². The molecule has 1 fully saturated rings. The van der Waals surface area contributed by atoms with E-state index >= 15 is 0 Å². The van der Waals surface area contributed by atoms with E-state index in [1.807, 2.05) is 0 Å². The maximum Gasteiger partial charge on any atom is 0.408 e. The second kappa shape index (κ2) is 5.07. The number of hydrogen-bond donors (Lipinski definition) is 2. The van der Waals surface area contributed by atoms with Crippen LogP contribution in [0.1, 0.15) is 26.7 Å². The van der Waals surface area contributed by atoms with Crippen LogP contribution >= 0.6 is 0 Å². The summed E-state index contributed by atoms with van der Waals surface area (Å²) in [7, 11) is 0. The van der Waals surface area contributed by atoms with Crippen molar-refractivity contribution in [1.29, 1.82) is 0 Å². The fourth-order valence-corrected chi connectivity index (χ4v) is 1.44. The lowest BCUT2D eigenvalue weighted by molar-refractivity contribution is 0.141. The van der Waals surface area contributed by atoms with Crippen molar-refractivity contribution >= 4 is 6.09 Å². The summed E-state index contributed by atoms with van der Waals surface area (Å²) < 4.78 is 4.78. The van der Waals surface area contributed by atoms with E-state index in [9.17, 15) is 4.79 Å². The minimum Gasteiger partial charge on any atom is -0.450 e. The molecule has 2 N–H and O–H groups in total. The van der Waals surface area contributed by atoms with Gasteiger partial charge < -0.3 is 10.1 Å². The first-order valence-corrected chi connectivity index (χ1v) is 4.89. The fraction of sp³-hybridized carbons (Fsp3) is 0.889. The molecule has 0 spiro atoms. The summed E-state index contributed by atoms with van der Waals surface area (Å²) in [4.78, 5) is 11.0. The molecule has 1 rings (SSSR count). The van der Waals surface area contributed by atoms with Crippen LogP contribution in [0, 0.1) is 5.92 Å². The van der Waals surface area contributed by atoms with Crippen molar-refractivity contribution in [3.8, 4) is 0 Å². The number of carbonyl (C=O) groups is 1. The monoisotopic (exact) mass is 186 g/mol. The number of piperidine rings is 1. The first-order valence-electron chi connectivity index (χ1n) is 4.89. The summed E-state index contributed by atoms with van der Waals surface area (Å²) >= 11 is 0. The highest BCUT2D eigenvalue weighted by atomic mass is 16.5. The molecule has 0 aliphatic carbocycles. The highest BCUT2D eigenvalue weighted by Gasteiger charge is 2.18. The molecule has 0 aromatic rings. The van der Waals surface area contributed by atoms with Crippen molar-refractivity contribution in [2.75, 3.05) is 13.2 Å². The third-order valence-electron chi connectivity index (χ3n) is 2.23. The quantitative estimate of drug-likeness (QED) is 0.678. The van der Waals surface area contributed by atoms with Crippen molar-refractivity contribution in [3.63, 3.8) is 0 Å². The summed E-state index contributed by atoms with van der Waals surface area (Å²) in [5.74, 6) is 0.709. The molecule has 4 nitrogen and oxygen atoms in total. The molecule has 1 aliphatic rings. The van der Waals surface area contributed by atoms with Gasteiger partial charge in [0, 0.05) is 0 Å². The molecule has 1 amide bonds. The van der Waals surface area contributed by atoms with E-state index in [2.05, 4.69) is 17.6 Å². The number of carbonyl (C=O) groups excluding carboxylic acids is 1.